The average molecular weight is 437 g/mol. The predicted octanol–water partition coefficient (Wildman–Crippen LogP) is 2.62. The van der Waals surface area contributed by atoms with Crippen molar-refractivity contribution in [3.63, 3.8) is 0 Å². The highest BCUT2D eigenvalue weighted by molar-refractivity contribution is 7.89. The van der Waals surface area contributed by atoms with E-state index in [0.717, 1.165) is 12.8 Å². The maximum Gasteiger partial charge on any atom is 0.252 e. The molecule has 1 aliphatic carbocycles. The van der Waals surface area contributed by atoms with Crippen molar-refractivity contribution in [1.82, 2.24) is 19.8 Å². The lowest BCUT2D eigenvalue weighted by Crippen LogP contribution is -2.44. The van der Waals surface area contributed by atoms with Gasteiger partial charge in [-0.2, -0.15) is 9.29 Å². The van der Waals surface area contributed by atoms with Gasteiger partial charge in [-0.25, -0.2) is 8.42 Å². The third kappa shape index (κ3) is 4.06. The van der Waals surface area contributed by atoms with Crippen LogP contribution in [-0.2, 0) is 15.6 Å². The van der Waals surface area contributed by atoms with Gasteiger partial charge in [-0.1, -0.05) is 31.8 Å². The number of sulfonamides is 1. The molecule has 2 aromatic rings. The molecule has 1 amide bonds. The zero-order valence-corrected chi connectivity index (χ0v) is 18.6. The average Bonchev–Trinajstić information content (AvgIpc) is 3.38. The zero-order chi connectivity index (χ0) is 21.9. The first-order valence-electron chi connectivity index (χ1n) is 10.1. The number of aryl methyl sites for hydroxylation is 1. The van der Waals surface area contributed by atoms with E-state index >= 15 is 0 Å². The van der Waals surface area contributed by atoms with E-state index in [2.05, 4.69) is 15.5 Å². The third-order valence-corrected chi connectivity index (χ3v) is 7.59. The maximum absolute atomic E-state index is 13.1. The van der Waals surface area contributed by atoms with E-state index in [1.54, 1.807) is 26.8 Å². The van der Waals surface area contributed by atoms with E-state index in [4.69, 9.17) is 9.26 Å². The Labute approximate surface area is 176 Å². The van der Waals surface area contributed by atoms with Crippen molar-refractivity contribution >= 4 is 15.9 Å². The number of hydrogen-bond donors (Lipinski definition) is 1. The van der Waals surface area contributed by atoms with Gasteiger partial charge in [0.2, 0.25) is 15.9 Å². The SMILES string of the molecule is CCN(CC)S(=O)(=O)c1cc(C(=O)NC2(c3noc(C)n3)CCCC2)ccc1OC. The lowest BCUT2D eigenvalue weighted by molar-refractivity contribution is 0.0891. The van der Waals surface area contributed by atoms with Crippen LogP contribution in [0, 0.1) is 6.92 Å². The Hall–Kier alpha value is -2.46. The number of carbonyl (C=O) groups is 1. The van der Waals surface area contributed by atoms with Crippen molar-refractivity contribution < 1.29 is 22.5 Å². The van der Waals surface area contributed by atoms with Crippen LogP contribution in [0.15, 0.2) is 27.6 Å². The summed E-state index contributed by atoms with van der Waals surface area (Å²) in [5, 5.41) is 7.06. The van der Waals surface area contributed by atoms with Crippen molar-refractivity contribution in [2.75, 3.05) is 20.2 Å². The Balaban J connectivity index is 1.97. The molecule has 1 aliphatic rings. The Morgan fingerprint density at radius 2 is 1.93 bits per heavy atom. The molecule has 0 aliphatic heterocycles. The van der Waals surface area contributed by atoms with Gasteiger partial charge in [0.05, 0.1) is 7.11 Å². The summed E-state index contributed by atoms with van der Waals surface area (Å²) in [6.07, 6.45) is 3.24. The third-order valence-electron chi connectivity index (χ3n) is 5.51. The van der Waals surface area contributed by atoms with Gasteiger partial charge in [0.1, 0.15) is 16.2 Å². The van der Waals surface area contributed by atoms with Gasteiger partial charge in [-0.05, 0) is 31.0 Å². The molecule has 0 radical (unpaired) electrons. The smallest absolute Gasteiger partial charge is 0.252 e. The minimum atomic E-state index is -3.80. The highest BCUT2D eigenvalue weighted by Crippen LogP contribution is 2.38. The molecule has 0 spiro atoms. The van der Waals surface area contributed by atoms with Gasteiger partial charge >= 0.3 is 0 Å². The fourth-order valence-corrected chi connectivity index (χ4v) is 5.53. The maximum atomic E-state index is 13.1. The Morgan fingerprint density at radius 1 is 1.27 bits per heavy atom. The lowest BCUT2D eigenvalue weighted by atomic mass is 9.96. The molecule has 1 aromatic heterocycles. The van der Waals surface area contributed by atoms with E-state index in [9.17, 15) is 13.2 Å². The minimum Gasteiger partial charge on any atom is -0.495 e. The van der Waals surface area contributed by atoms with Crippen LogP contribution in [0.4, 0.5) is 0 Å². The van der Waals surface area contributed by atoms with Crippen LogP contribution in [0.5, 0.6) is 5.75 Å². The molecule has 3 rings (SSSR count). The summed E-state index contributed by atoms with van der Waals surface area (Å²) < 4.78 is 37.8. The molecule has 1 N–H and O–H groups in total. The molecule has 0 bridgehead atoms. The molecule has 0 saturated heterocycles. The number of aromatic nitrogens is 2. The number of carbonyl (C=O) groups excluding carboxylic acids is 1. The van der Waals surface area contributed by atoms with Gasteiger partial charge in [0.25, 0.3) is 5.91 Å². The first kappa shape index (κ1) is 22.2. The van der Waals surface area contributed by atoms with E-state index in [1.807, 2.05) is 0 Å². The van der Waals surface area contributed by atoms with Gasteiger partial charge < -0.3 is 14.6 Å². The zero-order valence-electron chi connectivity index (χ0n) is 17.8. The van der Waals surface area contributed by atoms with Crippen LogP contribution in [0.2, 0.25) is 0 Å². The number of nitrogens with zero attached hydrogens (tertiary/aromatic N) is 3. The molecular formula is C20H28N4O5S. The molecular weight excluding hydrogens is 408 g/mol. The fourth-order valence-electron chi connectivity index (χ4n) is 3.89. The quantitative estimate of drug-likeness (QED) is 0.676. The van der Waals surface area contributed by atoms with Crippen LogP contribution < -0.4 is 10.1 Å². The van der Waals surface area contributed by atoms with Gasteiger partial charge in [-0.3, -0.25) is 4.79 Å². The van der Waals surface area contributed by atoms with Crippen molar-refractivity contribution in [2.24, 2.45) is 0 Å². The first-order chi connectivity index (χ1) is 14.3. The van der Waals surface area contributed by atoms with Gasteiger partial charge in [-0.15, -0.1) is 0 Å². The second-order valence-electron chi connectivity index (χ2n) is 7.34. The minimum absolute atomic E-state index is 0.0303. The van der Waals surface area contributed by atoms with Crippen LogP contribution >= 0.6 is 0 Å². The summed E-state index contributed by atoms with van der Waals surface area (Å²) in [7, 11) is -2.40. The molecule has 1 fully saturated rings. The summed E-state index contributed by atoms with van der Waals surface area (Å²) in [5.41, 5.74) is -0.486. The Bertz CT molecular complexity index is 1010. The molecule has 164 valence electrons. The van der Waals surface area contributed by atoms with E-state index in [0.29, 0.717) is 37.6 Å². The summed E-state index contributed by atoms with van der Waals surface area (Å²) in [6.45, 7) is 5.87. The molecule has 30 heavy (non-hydrogen) atoms. The number of rotatable bonds is 8. The second kappa shape index (κ2) is 8.73. The van der Waals surface area contributed by atoms with Gasteiger partial charge in [0, 0.05) is 25.6 Å². The molecule has 1 saturated carbocycles. The summed E-state index contributed by atoms with van der Waals surface area (Å²) in [6, 6.07) is 4.43. The van der Waals surface area contributed by atoms with Gasteiger partial charge in [0.15, 0.2) is 5.82 Å². The van der Waals surface area contributed by atoms with Crippen LogP contribution in [0.3, 0.4) is 0 Å². The van der Waals surface area contributed by atoms with Crippen LogP contribution in [0.25, 0.3) is 0 Å². The van der Waals surface area contributed by atoms with E-state index in [1.165, 1.54) is 23.5 Å². The van der Waals surface area contributed by atoms with Crippen molar-refractivity contribution in [2.45, 2.75) is 56.9 Å². The molecule has 1 heterocycles. The summed E-state index contributed by atoms with van der Waals surface area (Å²) in [4.78, 5) is 17.4. The Kier molecular flexibility index (Phi) is 6.47. The standard InChI is InChI=1S/C20H28N4O5S/c1-5-24(6-2)30(26,27)17-13-15(9-10-16(17)28-4)18(25)22-20(11-7-8-12-20)19-21-14(3)29-23-19/h9-10,13H,5-8,11-12H2,1-4H3,(H,22,25). The number of amides is 1. The lowest BCUT2D eigenvalue weighted by Gasteiger charge is -2.27. The molecule has 0 atom stereocenters. The molecule has 1 aromatic carbocycles. The van der Waals surface area contributed by atoms with Crippen molar-refractivity contribution in [3.05, 3.63) is 35.5 Å². The molecule has 9 nitrogen and oxygen atoms in total. The fraction of sp³-hybridized carbons (Fsp3) is 0.550. The number of ether oxygens (including phenoxy) is 1. The predicted molar refractivity (Wildman–Crippen MR) is 110 cm³/mol. The highest BCUT2D eigenvalue weighted by atomic mass is 32.2. The normalized spacial score (nSPS) is 16.0. The van der Waals surface area contributed by atoms with Crippen LogP contribution in [-0.4, -0.2) is 49.0 Å². The summed E-state index contributed by atoms with van der Waals surface area (Å²) in [5.74, 6) is 0.693. The second-order valence-corrected chi connectivity index (χ2v) is 9.24. The number of methoxy groups -OCH3 is 1. The van der Waals surface area contributed by atoms with Crippen molar-refractivity contribution in [1.29, 1.82) is 0 Å². The number of nitrogens with one attached hydrogen (secondary N) is 1. The largest absolute Gasteiger partial charge is 0.495 e. The summed E-state index contributed by atoms with van der Waals surface area (Å²) >= 11 is 0. The van der Waals surface area contributed by atoms with E-state index in [-0.39, 0.29) is 16.2 Å². The first-order valence-corrected chi connectivity index (χ1v) is 11.5. The van der Waals surface area contributed by atoms with Crippen LogP contribution in [0.1, 0.15) is 61.6 Å². The number of benzene rings is 1. The Morgan fingerprint density at radius 3 is 2.47 bits per heavy atom. The van der Waals surface area contributed by atoms with Crippen molar-refractivity contribution in [3.8, 4) is 5.75 Å². The topological polar surface area (TPSA) is 115 Å². The van der Waals surface area contributed by atoms with E-state index < -0.39 is 21.5 Å². The highest BCUT2D eigenvalue weighted by Gasteiger charge is 2.41. The molecule has 10 heteroatoms. The molecule has 0 unspecified atom stereocenters. The number of hydrogen-bond acceptors (Lipinski definition) is 7. The monoisotopic (exact) mass is 436 g/mol.